The largest absolute Gasteiger partial charge is 0.363 e. The number of rotatable bonds is 3. The zero-order valence-electron chi connectivity index (χ0n) is 12.4. The van der Waals surface area contributed by atoms with Crippen molar-refractivity contribution in [2.45, 2.75) is 25.4 Å². The number of aromatic nitrogens is 1. The number of hydrogen-bond acceptors (Lipinski definition) is 3. The van der Waals surface area contributed by atoms with Gasteiger partial charge in [-0.1, -0.05) is 42.5 Å². The predicted octanol–water partition coefficient (Wildman–Crippen LogP) is 3.79. The lowest BCUT2D eigenvalue weighted by molar-refractivity contribution is 0.755. The van der Waals surface area contributed by atoms with Gasteiger partial charge in [0.15, 0.2) is 0 Å². The van der Waals surface area contributed by atoms with E-state index >= 15 is 0 Å². The highest BCUT2D eigenvalue weighted by Gasteiger charge is 2.22. The van der Waals surface area contributed by atoms with Gasteiger partial charge in [0.25, 0.3) is 0 Å². The van der Waals surface area contributed by atoms with Crippen LogP contribution in [0, 0.1) is 0 Å². The average molecular weight is 289 g/mol. The van der Waals surface area contributed by atoms with Gasteiger partial charge < -0.3 is 11.1 Å². The summed E-state index contributed by atoms with van der Waals surface area (Å²) in [6.07, 6.45) is 2.23. The topological polar surface area (TPSA) is 50.9 Å². The number of benzene rings is 2. The van der Waals surface area contributed by atoms with Gasteiger partial charge in [-0.2, -0.15) is 0 Å². The molecule has 0 aliphatic heterocycles. The van der Waals surface area contributed by atoms with E-state index < -0.39 is 0 Å². The molecule has 1 heterocycles. The molecule has 2 aromatic carbocycles. The molecule has 3 N–H and O–H groups in total. The van der Waals surface area contributed by atoms with E-state index in [-0.39, 0.29) is 0 Å². The van der Waals surface area contributed by atoms with E-state index in [4.69, 9.17) is 10.7 Å². The fourth-order valence-electron chi connectivity index (χ4n) is 3.31. The molecule has 3 nitrogen and oxygen atoms in total. The second kappa shape index (κ2) is 5.43. The minimum absolute atomic E-state index is 0.329. The predicted molar refractivity (Wildman–Crippen MR) is 90.8 cm³/mol. The Balaban J connectivity index is 1.72. The molecule has 3 aromatic rings. The number of nitrogens with two attached hydrogens (primary N) is 1. The lowest BCUT2D eigenvalue weighted by Gasteiger charge is -2.18. The Morgan fingerprint density at radius 1 is 1.09 bits per heavy atom. The van der Waals surface area contributed by atoms with Crippen LogP contribution in [0.5, 0.6) is 0 Å². The van der Waals surface area contributed by atoms with E-state index in [9.17, 15) is 0 Å². The molecule has 110 valence electrons. The zero-order chi connectivity index (χ0) is 14.9. The number of anilines is 1. The van der Waals surface area contributed by atoms with Crippen molar-refractivity contribution in [3.05, 3.63) is 71.3 Å². The monoisotopic (exact) mass is 289 g/mol. The minimum Gasteiger partial charge on any atom is -0.363 e. The van der Waals surface area contributed by atoms with Gasteiger partial charge in [-0.15, -0.1) is 0 Å². The van der Waals surface area contributed by atoms with Crippen molar-refractivity contribution in [3.8, 4) is 0 Å². The third-order valence-electron chi connectivity index (χ3n) is 4.47. The Kier molecular flexibility index (Phi) is 3.28. The molecule has 4 rings (SSSR count). The third kappa shape index (κ3) is 2.24. The van der Waals surface area contributed by atoms with E-state index in [0.29, 0.717) is 12.6 Å². The van der Waals surface area contributed by atoms with Crippen LogP contribution in [0.2, 0.25) is 0 Å². The van der Waals surface area contributed by atoms with Crippen LogP contribution in [-0.4, -0.2) is 4.98 Å². The van der Waals surface area contributed by atoms with Crippen LogP contribution in [0.4, 0.5) is 5.82 Å². The summed E-state index contributed by atoms with van der Waals surface area (Å²) in [5.74, 6) is 0.919. The second-order valence-electron chi connectivity index (χ2n) is 5.83. The minimum atomic E-state index is 0.329. The molecule has 1 aliphatic rings. The number of nitrogens with one attached hydrogen (secondary N) is 1. The number of aryl methyl sites for hydroxylation is 1. The lowest BCUT2D eigenvalue weighted by atomic mass is 10.1. The van der Waals surface area contributed by atoms with Gasteiger partial charge in [0.05, 0.1) is 11.6 Å². The molecular weight excluding hydrogens is 270 g/mol. The Labute approximate surface area is 130 Å². The normalized spacial score (nSPS) is 16.7. The molecule has 0 radical (unpaired) electrons. The van der Waals surface area contributed by atoms with Gasteiger partial charge in [-0.05, 0) is 36.1 Å². The summed E-state index contributed by atoms with van der Waals surface area (Å²) < 4.78 is 0. The quantitative estimate of drug-likeness (QED) is 0.771. The maximum atomic E-state index is 5.93. The molecule has 3 heteroatoms. The van der Waals surface area contributed by atoms with Crippen LogP contribution < -0.4 is 11.1 Å². The Hall–Kier alpha value is -2.39. The Morgan fingerprint density at radius 3 is 2.82 bits per heavy atom. The van der Waals surface area contributed by atoms with Crippen molar-refractivity contribution in [3.63, 3.8) is 0 Å². The SMILES string of the molecule is NCc1cc2ccccc2nc1NC1CCc2ccccc21. The van der Waals surface area contributed by atoms with E-state index in [1.54, 1.807) is 0 Å². The molecule has 0 saturated carbocycles. The molecule has 1 atom stereocenters. The molecular formula is C19H19N3. The van der Waals surface area contributed by atoms with Crippen LogP contribution in [0.1, 0.15) is 29.2 Å². The van der Waals surface area contributed by atoms with Crippen LogP contribution in [-0.2, 0) is 13.0 Å². The molecule has 0 fully saturated rings. The second-order valence-corrected chi connectivity index (χ2v) is 5.83. The third-order valence-corrected chi connectivity index (χ3v) is 4.47. The summed E-state index contributed by atoms with van der Waals surface area (Å²) in [7, 11) is 0. The smallest absolute Gasteiger partial charge is 0.131 e. The van der Waals surface area contributed by atoms with Crippen molar-refractivity contribution in [1.29, 1.82) is 0 Å². The maximum Gasteiger partial charge on any atom is 0.131 e. The molecule has 0 saturated heterocycles. The van der Waals surface area contributed by atoms with E-state index in [2.05, 4.69) is 41.7 Å². The van der Waals surface area contributed by atoms with E-state index in [1.165, 1.54) is 11.1 Å². The standard InChI is InChI=1S/C19H19N3/c20-12-15-11-14-6-2-4-8-17(14)21-19(15)22-18-10-9-13-5-1-3-7-16(13)18/h1-8,11,18H,9-10,12,20H2,(H,21,22). The summed E-state index contributed by atoms with van der Waals surface area (Å²) in [4.78, 5) is 4.79. The number of pyridine rings is 1. The van der Waals surface area contributed by atoms with Gasteiger partial charge in [-0.25, -0.2) is 4.98 Å². The van der Waals surface area contributed by atoms with Gasteiger partial charge in [0.1, 0.15) is 5.82 Å². The van der Waals surface area contributed by atoms with Crippen LogP contribution in [0.3, 0.4) is 0 Å². The molecule has 1 aliphatic carbocycles. The van der Waals surface area contributed by atoms with Gasteiger partial charge in [0, 0.05) is 17.5 Å². The number of fused-ring (bicyclic) bond motifs is 2. The highest BCUT2D eigenvalue weighted by Crippen LogP contribution is 2.34. The van der Waals surface area contributed by atoms with Crippen molar-refractivity contribution in [2.75, 3.05) is 5.32 Å². The van der Waals surface area contributed by atoms with Crippen molar-refractivity contribution < 1.29 is 0 Å². The first kappa shape index (κ1) is 13.3. The van der Waals surface area contributed by atoms with E-state index in [1.807, 2.05) is 18.2 Å². The van der Waals surface area contributed by atoms with Gasteiger partial charge in [-0.3, -0.25) is 0 Å². The first-order chi connectivity index (χ1) is 10.8. The van der Waals surface area contributed by atoms with Crippen LogP contribution >= 0.6 is 0 Å². The fraction of sp³-hybridized carbons (Fsp3) is 0.211. The summed E-state index contributed by atoms with van der Waals surface area (Å²) in [6, 6.07) is 19.3. The first-order valence-electron chi connectivity index (χ1n) is 7.78. The number of para-hydroxylation sites is 1. The van der Waals surface area contributed by atoms with Crippen molar-refractivity contribution in [1.82, 2.24) is 4.98 Å². The Morgan fingerprint density at radius 2 is 1.91 bits per heavy atom. The number of hydrogen-bond donors (Lipinski definition) is 2. The molecule has 1 unspecified atom stereocenters. The van der Waals surface area contributed by atoms with E-state index in [0.717, 1.165) is 35.1 Å². The fourth-order valence-corrected chi connectivity index (χ4v) is 3.31. The Bertz CT molecular complexity index is 826. The lowest BCUT2D eigenvalue weighted by Crippen LogP contribution is -2.12. The van der Waals surface area contributed by atoms with Gasteiger partial charge in [0.2, 0.25) is 0 Å². The highest BCUT2D eigenvalue weighted by molar-refractivity contribution is 5.81. The molecule has 0 bridgehead atoms. The summed E-state index contributed by atoms with van der Waals surface area (Å²) in [5, 5.41) is 4.76. The van der Waals surface area contributed by atoms with Crippen LogP contribution in [0.25, 0.3) is 10.9 Å². The summed E-state index contributed by atoms with van der Waals surface area (Å²) >= 11 is 0. The van der Waals surface area contributed by atoms with Crippen molar-refractivity contribution >= 4 is 16.7 Å². The first-order valence-corrected chi connectivity index (χ1v) is 7.78. The van der Waals surface area contributed by atoms with Crippen LogP contribution in [0.15, 0.2) is 54.6 Å². The molecule has 0 spiro atoms. The average Bonchev–Trinajstić information content (AvgIpc) is 2.97. The van der Waals surface area contributed by atoms with Crippen molar-refractivity contribution in [2.24, 2.45) is 5.73 Å². The summed E-state index contributed by atoms with van der Waals surface area (Å²) in [6.45, 7) is 0.495. The molecule has 0 amide bonds. The zero-order valence-corrected chi connectivity index (χ0v) is 12.4. The highest BCUT2D eigenvalue weighted by atomic mass is 15.0. The molecule has 22 heavy (non-hydrogen) atoms. The summed E-state index contributed by atoms with van der Waals surface area (Å²) in [5.41, 5.74) is 10.8. The maximum absolute atomic E-state index is 5.93. The van der Waals surface area contributed by atoms with Gasteiger partial charge >= 0.3 is 0 Å². The molecule has 1 aromatic heterocycles. The number of nitrogens with zero attached hydrogens (tertiary/aromatic N) is 1.